The van der Waals surface area contributed by atoms with Crippen LogP contribution in [0.1, 0.15) is 27.2 Å². The second-order valence-corrected chi connectivity index (χ2v) is 5.17. The lowest BCUT2D eigenvalue weighted by molar-refractivity contribution is -0.0818. The van der Waals surface area contributed by atoms with Gasteiger partial charge in [0.05, 0.1) is 6.54 Å². The SMILES string of the molecule is CC(C)(C)OC(=O)N1CC[C@H](N=[N+]=[N-])C(F)(F)C1. The van der Waals surface area contributed by atoms with Crippen molar-refractivity contribution in [2.24, 2.45) is 5.11 Å². The Morgan fingerprint density at radius 3 is 2.61 bits per heavy atom. The summed E-state index contributed by atoms with van der Waals surface area (Å²) in [4.78, 5) is 15.0. The van der Waals surface area contributed by atoms with Crippen molar-refractivity contribution in [2.45, 2.75) is 44.8 Å². The minimum Gasteiger partial charge on any atom is -0.444 e. The van der Waals surface area contributed by atoms with Gasteiger partial charge in [-0.05, 0) is 32.7 Å². The average Bonchev–Trinajstić information content (AvgIpc) is 2.18. The Hall–Kier alpha value is -1.56. The molecule has 1 amide bonds. The maximum absolute atomic E-state index is 13.6. The summed E-state index contributed by atoms with van der Waals surface area (Å²) in [5.41, 5.74) is 7.47. The van der Waals surface area contributed by atoms with Crippen LogP contribution >= 0.6 is 0 Å². The third kappa shape index (κ3) is 3.73. The Labute approximate surface area is 104 Å². The van der Waals surface area contributed by atoms with Crippen LogP contribution < -0.4 is 0 Å². The van der Waals surface area contributed by atoms with Crippen LogP contribution in [-0.2, 0) is 4.74 Å². The number of piperidine rings is 1. The summed E-state index contributed by atoms with van der Waals surface area (Å²) in [6, 6.07) is -1.40. The standard InChI is InChI=1S/C10H16F2N4O2/c1-9(2,3)18-8(17)16-5-4-7(14-15-13)10(11,12)6-16/h7H,4-6H2,1-3H3/t7-/m0/s1. The van der Waals surface area contributed by atoms with E-state index in [-0.39, 0.29) is 13.0 Å². The van der Waals surface area contributed by atoms with Crippen LogP contribution in [0.15, 0.2) is 5.11 Å². The molecule has 0 saturated carbocycles. The summed E-state index contributed by atoms with van der Waals surface area (Å²) in [6.45, 7) is 4.29. The number of ether oxygens (including phenoxy) is 1. The molecule has 0 aromatic rings. The van der Waals surface area contributed by atoms with Gasteiger partial charge in [0.1, 0.15) is 11.6 Å². The van der Waals surface area contributed by atoms with E-state index >= 15 is 0 Å². The molecular weight excluding hydrogens is 246 g/mol. The zero-order valence-electron chi connectivity index (χ0n) is 10.6. The molecule has 0 N–H and O–H groups in total. The van der Waals surface area contributed by atoms with Gasteiger partial charge >= 0.3 is 6.09 Å². The van der Waals surface area contributed by atoms with E-state index in [9.17, 15) is 13.6 Å². The number of azide groups is 1. The largest absolute Gasteiger partial charge is 0.444 e. The smallest absolute Gasteiger partial charge is 0.410 e. The number of hydrogen-bond acceptors (Lipinski definition) is 3. The lowest BCUT2D eigenvalue weighted by Crippen LogP contribution is -2.53. The van der Waals surface area contributed by atoms with Crippen LogP contribution in [0, 0.1) is 0 Å². The van der Waals surface area contributed by atoms with Crippen LogP contribution in [0.2, 0.25) is 0 Å². The Morgan fingerprint density at radius 2 is 2.17 bits per heavy atom. The maximum Gasteiger partial charge on any atom is 0.410 e. The first-order chi connectivity index (χ1) is 8.15. The topological polar surface area (TPSA) is 78.3 Å². The fourth-order valence-electron chi connectivity index (χ4n) is 1.62. The molecule has 0 aromatic heterocycles. The number of amides is 1. The molecule has 0 aromatic carbocycles. The van der Waals surface area contributed by atoms with Gasteiger partial charge in [-0.25, -0.2) is 13.6 Å². The highest BCUT2D eigenvalue weighted by Crippen LogP contribution is 2.30. The lowest BCUT2D eigenvalue weighted by Gasteiger charge is -2.36. The monoisotopic (exact) mass is 262 g/mol. The number of alkyl halides is 2. The molecule has 1 fully saturated rings. The first-order valence-corrected chi connectivity index (χ1v) is 5.56. The number of carbonyl (C=O) groups excluding carboxylic acids is 1. The molecule has 1 saturated heterocycles. The van der Waals surface area contributed by atoms with E-state index < -0.39 is 30.2 Å². The minimum absolute atomic E-state index is 0.0731. The molecule has 0 radical (unpaired) electrons. The van der Waals surface area contributed by atoms with Crippen molar-refractivity contribution in [1.29, 1.82) is 0 Å². The van der Waals surface area contributed by atoms with Crippen molar-refractivity contribution >= 4 is 6.09 Å². The third-order valence-electron chi connectivity index (χ3n) is 2.40. The van der Waals surface area contributed by atoms with Crippen molar-refractivity contribution in [3.8, 4) is 0 Å². The van der Waals surface area contributed by atoms with Crippen LogP contribution in [0.4, 0.5) is 13.6 Å². The number of hydrogen-bond donors (Lipinski definition) is 0. The van der Waals surface area contributed by atoms with Gasteiger partial charge < -0.3 is 9.64 Å². The summed E-state index contributed by atoms with van der Waals surface area (Å²) >= 11 is 0. The van der Waals surface area contributed by atoms with E-state index in [1.54, 1.807) is 20.8 Å². The van der Waals surface area contributed by atoms with E-state index in [1.807, 2.05) is 0 Å². The van der Waals surface area contributed by atoms with Crippen LogP contribution in [0.3, 0.4) is 0 Å². The number of rotatable bonds is 1. The van der Waals surface area contributed by atoms with Gasteiger partial charge in [0, 0.05) is 11.5 Å². The molecule has 0 aliphatic carbocycles. The first-order valence-electron chi connectivity index (χ1n) is 5.56. The minimum atomic E-state index is -3.22. The van der Waals surface area contributed by atoms with E-state index in [4.69, 9.17) is 10.3 Å². The summed E-state index contributed by atoms with van der Waals surface area (Å²) in [5.74, 6) is -3.22. The Kier molecular flexibility index (Phi) is 4.01. The highest BCUT2D eigenvalue weighted by atomic mass is 19.3. The van der Waals surface area contributed by atoms with Crippen molar-refractivity contribution in [2.75, 3.05) is 13.1 Å². The molecule has 8 heteroatoms. The molecular formula is C10H16F2N4O2. The van der Waals surface area contributed by atoms with Crippen molar-refractivity contribution in [1.82, 2.24) is 4.90 Å². The normalized spacial score (nSPS) is 23.2. The summed E-state index contributed by atoms with van der Waals surface area (Å²) in [5, 5.41) is 3.06. The van der Waals surface area contributed by atoms with Gasteiger partial charge in [0.25, 0.3) is 5.92 Å². The predicted molar refractivity (Wildman–Crippen MR) is 60.3 cm³/mol. The molecule has 1 aliphatic rings. The van der Waals surface area contributed by atoms with E-state index in [2.05, 4.69) is 10.0 Å². The number of likely N-dealkylation sites (tertiary alicyclic amines) is 1. The molecule has 0 unspecified atom stereocenters. The molecule has 1 heterocycles. The van der Waals surface area contributed by atoms with E-state index in [0.29, 0.717) is 0 Å². The van der Waals surface area contributed by atoms with Crippen LogP contribution in [0.25, 0.3) is 10.4 Å². The van der Waals surface area contributed by atoms with Gasteiger partial charge in [-0.15, -0.1) is 0 Å². The summed E-state index contributed by atoms with van der Waals surface area (Å²) in [6.07, 6.45) is -0.849. The van der Waals surface area contributed by atoms with Crippen molar-refractivity contribution in [3.05, 3.63) is 10.4 Å². The Morgan fingerprint density at radius 1 is 1.56 bits per heavy atom. The number of nitrogens with zero attached hydrogens (tertiary/aromatic N) is 4. The van der Waals surface area contributed by atoms with Crippen LogP contribution in [-0.4, -0.2) is 41.6 Å². The summed E-state index contributed by atoms with van der Waals surface area (Å²) in [7, 11) is 0. The second-order valence-electron chi connectivity index (χ2n) is 5.17. The number of carbonyl (C=O) groups is 1. The van der Waals surface area contributed by atoms with E-state index in [1.165, 1.54) is 0 Å². The fraction of sp³-hybridized carbons (Fsp3) is 0.900. The molecule has 0 spiro atoms. The molecule has 18 heavy (non-hydrogen) atoms. The zero-order valence-corrected chi connectivity index (χ0v) is 10.6. The van der Waals surface area contributed by atoms with Gasteiger partial charge in [-0.1, -0.05) is 5.11 Å². The first kappa shape index (κ1) is 14.5. The summed E-state index contributed by atoms with van der Waals surface area (Å²) < 4.78 is 32.2. The molecule has 102 valence electrons. The zero-order chi connectivity index (χ0) is 14.0. The van der Waals surface area contributed by atoms with Gasteiger partial charge in [-0.2, -0.15) is 0 Å². The molecule has 1 atom stereocenters. The quantitative estimate of drug-likeness (QED) is 0.413. The number of halogens is 2. The fourth-order valence-corrected chi connectivity index (χ4v) is 1.62. The van der Waals surface area contributed by atoms with Crippen molar-refractivity contribution in [3.63, 3.8) is 0 Å². The highest BCUT2D eigenvalue weighted by Gasteiger charge is 2.46. The second kappa shape index (κ2) is 4.97. The van der Waals surface area contributed by atoms with Crippen molar-refractivity contribution < 1.29 is 18.3 Å². The predicted octanol–water partition coefficient (Wildman–Crippen LogP) is 2.94. The molecule has 1 aliphatic heterocycles. The Bertz CT molecular complexity index is 375. The van der Waals surface area contributed by atoms with Crippen LogP contribution in [0.5, 0.6) is 0 Å². The average molecular weight is 262 g/mol. The van der Waals surface area contributed by atoms with E-state index in [0.717, 1.165) is 4.90 Å². The Balaban J connectivity index is 2.69. The third-order valence-corrected chi connectivity index (χ3v) is 2.40. The molecule has 1 rings (SSSR count). The molecule has 0 bridgehead atoms. The molecule has 6 nitrogen and oxygen atoms in total. The van der Waals surface area contributed by atoms with Gasteiger partial charge in [-0.3, -0.25) is 0 Å². The highest BCUT2D eigenvalue weighted by molar-refractivity contribution is 5.68. The maximum atomic E-state index is 13.6. The lowest BCUT2D eigenvalue weighted by atomic mass is 10.0. The van der Waals surface area contributed by atoms with Gasteiger partial charge in [0.2, 0.25) is 0 Å². The van der Waals surface area contributed by atoms with Gasteiger partial charge in [0.15, 0.2) is 0 Å².